The maximum atomic E-state index is 9.77. The minimum atomic E-state index is -4.38. The van der Waals surface area contributed by atoms with Gasteiger partial charge in [-0.15, -0.1) is 0 Å². The smallest absolute Gasteiger partial charge is 0 e. The standard InChI is InChI=1S/3CO.Cr.3F3HP/c3*1-2;;3*1-4(2)3/h;;;;3*4H/q;;;;3*+1. The van der Waals surface area contributed by atoms with Crippen LogP contribution in [0.4, 0.5) is 37.8 Å². The van der Waals surface area contributed by atoms with Crippen LogP contribution in [-0.4, -0.2) is 0 Å². The largest absolute Gasteiger partial charge is 0 e. The molecule has 0 spiro atoms. The Morgan fingerprint density at radius 1 is 0.421 bits per heavy atom. The van der Waals surface area contributed by atoms with Crippen LogP contribution in [-0.2, 0) is 31.3 Å². The third kappa shape index (κ3) is 29200. The van der Waals surface area contributed by atoms with Crippen LogP contribution in [0.1, 0.15) is 0 Å². The molecule has 0 aromatic carbocycles. The van der Waals surface area contributed by atoms with Crippen LogP contribution >= 0.6 is 26.6 Å². The summed E-state index contributed by atoms with van der Waals surface area (Å²) in [6, 6.07) is 0. The second-order valence-electron chi connectivity index (χ2n) is 0.643. The Morgan fingerprint density at radius 3 is 0.421 bits per heavy atom. The van der Waals surface area contributed by atoms with Gasteiger partial charge in [0.2, 0.25) is 0 Å². The van der Waals surface area contributed by atoms with E-state index in [2.05, 4.69) is 20.0 Å². The SMILES string of the molecule is F[PH+](F)F.F[PH+](F)F.F[PH+](F)F.[C-]#[O+].[C-]#[O+].[C-]#[O+].[Cr]. The summed E-state index contributed by atoms with van der Waals surface area (Å²) >= 11 is 0. The van der Waals surface area contributed by atoms with Gasteiger partial charge in [0.25, 0.3) is 0 Å². The number of rotatable bonds is 0. The van der Waals surface area contributed by atoms with Crippen LogP contribution in [0.2, 0.25) is 0 Å². The van der Waals surface area contributed by atoms with Crippen molar-refractivity contribution in [1.29, 1.82) is 0 Å². The van der Waals surface area contributed by atoms with Crippen molar-refractivity contribution < 1.29 is 69.1 Å². The molecule has 114 valence electrons. The van der Waals surface area contributed by atoms with Gasteiger partial charge in [-0.25, -0.2) is 0 Å². The van der Waals surface area contributed by atoms with Crippen LogP contribution in [0, 0.1) is 20.0 Å². The zero-order valence-electron chi connectivity index (χ0n) is 8.03. The molecule has 0 saturated heterocycles. The molecule has 0 amide bonds. The Balaban J connectivity index is -0.0000000186. The van der Waals surface area contributed by atoms with Gasteiger partial charge in [0.05, 0.1) is 0 Å². The van der Waals surface area contributed by atoms with E-state index in [-0.39, 0.29) is 17.4 Å². The summed E-state index contributed by atoms with van der Waals surface area (Å²) in [5.41, 5.74) is 0. The number of hydrogen-bond acceptors (Lipinski definition) is 0. The molecule has 0 saturated carbocycles. The van der Waals surface area contributed by atoms with Gasteiger partial charge in [0, 0.05) is 55.1 Å². The number of halogens is 9. The van der Waals surface area contributed by atoms with Gasteiger partial charge in [-0.3, -0.25) is 0 Å². The Hall–Kier alpha value is 0.412. The fourth-order valence-corrected chi connectivity index (χ4v) is 0. The van der Waals surface area contributed by atoms with Crippen molar-refractivity contribution in [2.45, 2.75) is 0 Å². The third-order valence-electron chi connectivity index (χ3n) is 0. The van der Waals surface area contributed by atoms with Crippen molar-refractivity contribution in [3.05, 3.63) is 20.0 Å². The fourth-order valence-electron chi connectivity index (χ4n) is 0. The predicted molar refractivity (Wildman–Crippen MR) is 46.7 cm³/mol. The van der Waals surface area contributed by atoms with Gasteiger partial charge >= 0.3 is 60.5 Å². The van der Waals surface area contributed by atoms with Crippen LogP contribution in [0.3, 0.4) is 0 Å². The van der Waals surface area contributed by atoms with E-state index in [1.165, 1.54) is 0 Å². The molecule has 0 atom stereocenters. The molecule has 0 aliphatic carbocycles. The first-order valence-electron chi connectivity index (χ1n) is 2.31. The average Bonchev–Trinajstić information content (AvgIpc) is 2.23. The Bertz CT molecular complexity index is 131. The molecule has 0 N–H and O–H groups in total. The molecule has 16 heteroatoms. The predicted octanol–water partition coefficient (Wildman–Crippen LogP) is 5.45. The molecule has 0 rings (SSSR count). The first kappa shape index (κ1) is 42.7. The second-order valence-corrected chi connectivity index (χ2v) is 1.93. The molecule has 0 bridgehead atoms. The summed E-state index contributed by atoms with van der Waals surface area (Å²) in [6.45, 7) is 13.5. The molecule has 19 heavy (non-hydrogen) atoms. The Labute approximate surface area is 116 Å². The van der Waals surface area contributed by atoms with E-state index in [0.29, 0.717) is 0 Å². The minimum Gasteiger partial charge on any atom is 0 e. The average molecular weight is 403 g/mol. The third-order valence-corrected chi connectivity index (χ3v) is 0. The van der Waals surface area contributed by atoms with E-state index in [9.17, 15) is 37.8 Å². The van der Waals surface area contributed by atoms with Gasteiger partial charge in [-0.1, -0.05) is 0 Å². The number of hydrogen-bond donors (Lipinski definition) is 0. The minimum absolute atomic E-state index is 0. The van der Waals surface area contributed by atoms with Gasteiger partial charge in [-0.05, 0) is 0 Å². The molecule has 3 nitrogen and oxygen atoms in total. The fraction of sp³-hybridized carbons (Fsp3) is 0. The molecule has 0 heterocycles. The molecule has 0 aromatic rings. The van der Waals surface area contributed by atoms with Gasteiger partial charge in [0.1, 0.15) is 0 Å². The van der Waals surface area contributed by atoms with Gasteiger partial charge in [-0.2, -0.15) is 0 Å². The maximum Gasteiger partial charge on any atom is 0 e. The van der Waals surface area contributed by atoms with E-state index < -0.39 is 26.6 Å². The molecule has 0 fully saturated rings. The summed E-state index contributed by atoms with van der Waals surface area (Å²) in [5, 5.41) is 0. The quantitative estimate of drug-likeness (QED) is 0.224. The summed E-state index contributed by atoms with van der Waals surface area (Å²) in [7, 11) is -13.1. The van der Waals surface area contributed by atoms with Crippen molar-refractivity contribution in [3.63, 3.8) is 0 Å². The van der Waals surface area contributed by atoms with E-state index in [1.807, 2.05) is 0 Å². The van der Waals surface area contributed by atoms with Crippen LogP contribution in [0.15, 0.2) is 0 Å². The van der Waals surface area contributed by atoms with Gasteiger partial charge < -0.3 is 0 Å². The van der Waals surface area contributed by atoms with Crippen molar-refractivity contribution in [2.75, 3.05) is 0 Å². The zero-order valence-corrected chi connectivity index (χ0v) is 12.3. The second kappa shape index (κ2) is 63.0. The molecule has 0 aliphatic heterocycles. The summed E-state index contributed by atoms with van der Waals surface area (Å²) in [6.07, 6.45) is 0. The molecule has 0 aliphatic rings. The Kier molecular flexibility index (Phi) is 142. The van der Waals surface area contributed by atoms with E-state index >= 15 is 0 Å². The first-order valence-corrected chi connectivity index (χ1v) is 5.71. The van der Waals surface area contributed by atoms with Crippen LogP contribution in [0.25, 0.3) is 0 Å². The molecule has 0 radical (unpaired) electrons. The Morgan fingerprint density at radius 2 is 0.421 bits per heavy atom. The van der Waals surface area contributed by atoms with Crippen molar-refractivity contribution in [1.82, 2.24) is 0 Å². The normalized spacial score (nSPS) is 6.00. The van der Waals surface area contributed by atoms with Crippen molar-refractivity contribution in [3.8, 4) is 0 Å². The van der Waals surface area contributed by atoms with Crippen LogP contribution in [0.5, 0.6) is 0 Å². The molecule has 0 unspecified atom stereocenters. The zero-order chi connectivity index (χ0) is 16.7. The molecular weight excluding hydrogens is 400 g/mol. The summed E-state index contributed by atoms with van der Waals surface area (Å²) < 4.78 is 110. The van der Waals surface area contributed by atoms with Crippen molar-refractivity contribution in [2.24, 2.45) is 0 Å². The molecular formula is C3H3CrF9O3P3+3. The van der Waals surface area contributed by atoms with Crippen molar-refractivity contribution >= 4 is 26.6 Å². The molecule has 0 aromatic heterocycles. The monoisotopic (exact) mass is 403 g/mol. The maximum absolute atomic E-state index is 9.77. The first-order chi connectivity index (χ1) is 8.20. The van der Waals surface area contributed by atoms with E-state index in [4.69, 9.17) is 14.0 Å². The topological polar surface area (TPSA) is 59.7 Å². The summed E-state index contributed by atoms with van der Waals surface area (Å²) in [5.74, 6) is 0. The van der Waals surface area contributed by atoms with E-state index in [1.54, 1.807) is 0 Å². The van der Waals surface area contributed by atoms with Gasteiger partial charge in [0.15, 0.2) is 0 Å². The van der Waals surface area contributed by atoms with E-state index in [0.717, 1.165) is 0 Å². The summed E-state index contributed by atoms with van der Waals surface area (Å²) in [4.78, 5) is 0. The van der Waals surface area contributed by atoms with Crippen LogP contribution < -0.4 is 0 Å².